The monoisotopic (exact) mass is 260 g/mol. The van der Waals surface area contributed by atoms with Crippen molar-refractivity contribution in [3.8, 4) is 11.5 Å². The molecule has 0 radical (unpaired) electrons. The largest absolute Gasteiger partial charge is 0.493 e. The summed E-state index contributed by atoms with van der Waals surface area (Å²) in [5.41, 5.74) is 0. The van der Waals surface area contributed by atoms with Crippen molar-refractivity contribution in [2.24, 2.45) is 0 Å². The summed E-state index contributed by atoms with van der Waals surface area (Å²) in [7, 11) is 1.32. The van der Waals surface area contributed by atoms with Gasteiger partial charge in [-0.25, -0.2) is 0 Å². The summed E-state index contributed by atoms with van der Waals surface area (Å²) in [5, 5.41) is 46.3. The highest BCUT2D eigenvalue weighted by Crippen LogP contribution is 2.49. The third kappa shape index (κ3) is 1.81. The third-order valence-corrected chi connectivity index (χ3v) is 2.45. The van der Waals surface area contributed by atoms with E-state index in [0.29, 0.717) is 0 Å². The van der Waals surface area contributed by atoms with Crippen LogP contribution in [0.1, 0.15) is 0 Å². The Bertz CT molecular complexity index is 457. The lowest BCUT2D eigenvalue weighted by atomic mass is 10.2. The van der Waals surface area contributed by atoms with Crippen molar-refractivity contribution in [3.63, 3.8) is 0 Å². The molecule has 1 aliphatic rings. The third-order valence-electron chi connectivity index (χ3n) is 2.45. The van der Waals surface area contributed by atoms with Gasteiger partial charge in [-0.15, -0.1) is 0 Å². The van der Waals surface area contributed by atoms with E-state index in [4.69, 9.17) is 14.9 Å². The van der Waals surface area contributed by atoms with Gasteiger partial charge >= 0.3 is 17.7 Å². The molecule has 1 heterocycles. The van der Waals surface area contributed by atoms with Gasteiger partial charge in [0.15, 0.2) is 11.5 Å². The number of hydrogen-bond donors (Lipinski definition) is 5. The maximum absolute atomic E-state index is 9.51. The maximum atomic E-state index is 9.51. The second-order valence-corrected chi connectivity index (χ2v) is 3.72. The van der Waals surface area contributed by atoms with Gasteiger partial charge in [0.2, 0.25) is 0 Å². The van der Waals surface area contributed by atoms with E-state index in [1.54, 1.807) is 6.07 Å². The number of methoxy groups -OCH3 is 1. The molecule has 5 N–H and O–H groups in total. The van der Waals surface area contributed by atoms with Crippen LogP contribution in [-0.2, 0) is 4.74 Å². The molecule has 0 amide bonds. The Balaban J connectivity index is 2.24. The normalized spacial score (nSPS) is 25.7. The van der Waals surface area contributed by atoms with E-state index in [-0.39, 0.29) is 11.5 Å². The summed E-state index contributed by atoms with van der Waals surface area (Å²) in [4.78, 5) is 0. The van der Waals surface area contributed by atoms with Crippen LogP contribution in [0.4, 0.5) is 0 Å². The molecule has 1 fully saturated rings. The molecule has 0 aliphatic carbocycles. The topological polar surface area (TPSA) is 132 Å². The predicted molar refractivity (Wildman–Crippen MR) is 54.0 cm³/mol. The van der Waals surface area contributed by atoms with Gasteiger partial charge in [-0.2, -0.15) is 0 Å². The Hall–Kier alpha value is -1.42. The molecule has 0 spiro atoms. The van der Waals surface area contributed by atoms with Gasteiger partial charge in [-0.1, -0.05) is 12.1 Å². The zero-order chi connectivity index (χ0) is 13.6. The number of benzene rings is 1. The Morgan fingerprint density at radius 3 is 2.06 bits per heavy atom. The summed E-state index contributed by atoms with van der Waals surface area (Å²) in [6.07, 6.45) is 0. The zero-order valence-electron chi connectivity index (χ0n) is 9.27. The number of ether oxygens (including phenoxy) is 3. The molecule has 2 rings (SSSR count). The lowest BCUT2D eigenvalue weighted by Gasteiger charge is -2.25. The first-order chi connectivity index (χ1) is 8.23. The second kappa shape index (κ2) is 3.79. The van der Waals surface area contributed by atoms with E-state index in [1.807, 2.05) is 0 Å². The van der Waals surface area contributed by atoms with Gasteiger partial charge in [0.1, 0.15) is 0 Å². The molecule has 0 aromatic heterocycles. The lowest BCUT2D eigenvalue weighted by molar-refractivity contribution is -0.379. The number of hydrogen-bond acceptors (Lipinski definition) is 8. The summed E-state index contributed by atoms with van der Waals surface area (Å²) >= 11 is 0. The molecule has 100 valence electrons. The molecule has 8 nitrogen and oxygen atoms in total. The van der Waals surface area contributed by atoms with Gasteiger partial charge in [0, 0.05) is 0 Å². The lowest BCUT2D eigenvalue weighted by Crippen LogP contribution is -2.54. The molecule has 18 heavy (non-hydrogen) atoms. The van der Waals surface area contributed by atoms with Gasteiger partial charge in [-0.05, 0) is 12.1 Å². The molecule has 8 heteroatoms. The first-order valence-corrected chi connectivity index (χ1v) is 4.87. The average molecular weight is 260 g/mol. The number of aliphatic hydroxyl groups is 5. The maximum Gasteiger partial charge on any atom is 0.388 e. The van der Waals surface area contributed by atoms with E-state index in [0.717, 1.165) is 0 Å². The summed E-state index contributed by atoms with van der Waals surface area (Å²) < 4.78 is 13.6. The molecular weight excluding hydrogens is 248 g/mol. The highest BCUT2D eigenvalue weighted by Gasteiger charge is 2.83. The van der Waals surface area contributed by atoms with Crippen LogP contribution in [0.2, 0.25) is 0 Å². The highest BCUT2D eigenvalue weighted by atomic mass is 17.0. The smallest absolute Gasteiger partial charge is 0.388 e. The standard InChI is InChI=1S/C10H12O8/c1-16-6-4-2-3-5-7(6)17-9(12,13)8(11)10(14,15)18-8/h2-5,11-15H,1H3. The van der Waals surface area contributed by atoms with Crippen LogP contribution in [0.5, 0.6) is 11.5 Å². The van der Waals surface area contributed by atoms with Crippen molar-refractivity contribution in [1.29, 1.82) is 0 Å². The molecular formula is C10H12O8. The van der Waals surface area contributed by atoms with Crippen LogP contribution < -0.4 is 9.47 Å². The van der Waals surface area contributed by atoms with Gasteiger partial charge in [0.25, 0.3) is 0 Å². The van der Waals surface area contributed by atoms with E-state index in [9.17, 15) is 15.3 Å². The number of epoxide rings is 1. The summed E-state index contributed by atoms with van der Waals surface area (Å²) in [6, 6.07) is 5.90. The van der Waals surface area contributed by atoms with Crippen LogP contribution >= 0.6 is 0 Å². The Morgan fingerprint density at radius 2 is 1.61 bits per heavy atom. The van der Waals surface area contributed by atoms with E-state index in [2.05, 4.69) is 9.47 Å². The summed E-state index contributed by atoms with van der Waals surface area (Å²) in [5.74, 6) is -9.52. The summed E-state index contributed by atoms with van der Waals surface area (Å²) in [6.45, 7) is 0. The van der Waals surface area contributed by atoms with Crippen molar-refractivity contribution in [2.75, 3.05) is 7.11 Å². The molecule has 1 aliphatic heterocycles. The van der Waals surface area contributed by atoms with Crippen molar-refractivity contribution in [1.82, 2.24) is 0 Å². The van der Waals surface area contributed by atoms with Crippen molar-refractivity contribution in [2.45, 2.75) is 17.7 Å². The zero-order valence-corrected chi connectivity index (χ0v) is 9.27. The van der Waals surface area contributed by atoms with Crippen LogP contribution in [0.3, 0.4) is 0 Å². The Labute approximate surface area is 101 Å². The van der Waals surface area contributed by atoms with Crippen LogP contribution in [0, 0.1) is 0 Å². The van der Waals surface area contributed by atoms with E-state index in [1.165, 1.54) is 25.3 Å². The van der Waals surface area contributed by atoms with Gasteiger partial charge < -0.3 is 35.0 Å². The van der Waals surface area contributed by atoms with Crippen LogP contribution in [0.25, 0.3) is 0 Å². The first-order valence-electron chi connectivity index (χ1n) is 4.87. The second-order valence-electron chi connectivity index (χ2n) is 3.72. The molecule has 1 aromatic carbocycles. The fourth-order valence-corrected chi connectivity index (χ4v) is 1.38. The van der Waals surface area contributed by atoms with E-state index >= 15 is 0 Å². The molecule has 0 saturated carbocycles. The van der Waals surface area contributed by atoms with Crippen molar-refractivity contribution < 1.29 is 39.7 Å². The minimum absolute atomic E-state index is 0.135. The molecule has 1 aromatic rings. The SMILES string of the molecule is COc1ccccc1OC(O)(O)C1(O)OC1(O)O. The number of para-hydroxylation sites is 2. The average Bonchev–Trinajstić information content (AvgIpc) is 2.80. The van der Waals surface area contributed by atoms with Crippen LogP contribution in [0.15, 0.2) is 24.3 Å². The molecule has 1 saturated heterocycles. The van der Waals surface area contributed by atoms with Crippen molar-refractivity contribution >= 4 is 0 Å². The Kier molecular flexibility index (Phi) is 2.74. The quantitative estimate of drug-likeness (QED) is 0.312. The minimum atomic E-state index is -3.37. The van der Waals surface area contributed by atoms with E-state index < -0.39 is 17.7 Å². The van der Waals surface area contributed by atoms with Crippen molar-refractivity contribution in [3.05, 3.63) is 24.3 Å². The fourth-order valence-electron chi connectivity index (χ4n) is 1.38. The molecule has 0 bridgehead atoms. The molecule has 1 unspecified atom stereocenters. The predicted octanol–water partition coefficient (Wildman–Crippen LogP) is -1.93. The highest BCUT2D eigenvalue weighted by molar-refractivity contribution is 5.39. The first kappa shape index (κ1) is 13.0. The fraction of sp³-hybridized carbons (Fsp3) is 0.400. The Morgan fingerprint density at radius 1 is 1.11 bits per heavy atom. The van der Waals surface area contributed by atoms with Gasteiger partial charge in [-0.3, -0.25) is 4.74 Å². The number of rotatable bonds is 4. The van der Waals surface area contributed by atoms with Gasteiger partial charge in [0.05, 0.1) is 7.11 Å². The minimum Gasteiger partial charge on any atom is -0.493 e. The van der Waals surface area contributed by atoms with Crippen LogP contribution in [-0.4, -0.2) is 50.4 Å². The molecule has 1 atom stereocenters.